The zero-order chi connectivity index (χ0) is 20.1. The van der Waals surface area contributed by atoms with E-state index in [9.17, 15) is 4.79 Å². The molecule has 0 atom stereocenters. The third kappa shape index (κ3) is 5.26. The number of amides is 2. The van der Waals surface area contributed by atoms with Crippen LogP contribution in [0.5, 0.6) is 0 Å². The second-order valence-corrected chi connectivity index (χ2v) is 7.57. The Morgan fingerprint density at radius 2 is 1.93 bits per heavy atom. The highest BCUT2D eigenvalue weighted by atomic mass is 35.5. The number of benzene rings is 2. The van der Waals surface area contributed by atoms with Gasteiger partial charge >= 0.3 is 6.03 Å². The van der Waals surface area contributed by atoms with Crippen LogP contribution in [0, 0.1) is 0 Å². The van der Waals surface area contributed by atoms with Crippen LogP contribution in [0.1, 0.15) is 18.4 Å². The fraction of sp³-hybridized carbons (Fsp3) is 0.286. The van der Waals surface area contributed by atoms with Gasteiger partial charge in [0, 0.05) is 35.5 Å². The minimum Gasteiger partial charge on any atom is -0.371 e. The molecule has 0 unspecified atom stereocenters. The second-order valence-electron chi connectivity index (χ2n) is 7.13. The van der Waals surface area contributed by atoms with Crippen molar-refractivity contribution in [2.45, 2.75) is 25.4 Å². The van der Waals surface area contributed by atoms with Crippen molar-refractivity contribution in [1.29, 1.82) is 0 Å². The SMILES string of the molecule is O=C(Nc1cccc(Cn2cncn2)c1)NC1CCN(c2ccc(Cl)cc2)CC1. The summed E-state index contributed by atoms with van der Waals surface area (Å²) in [5, 5.41) is 10.9. The van der Waals surface area contributed by atoms with Crippen LogP contribution in [0.15, 0.2) is 61.2 Å². The molecule has 3 aromatic rings. The van der Waals surface area contributed by atoms with Gasteiger partial charge in [-0.2, -0.15) is 5.10 Å². The number of nitrogens with one attached hydrogen (secondary N) is 2. The van der Waals surface area contributed by atoms with Crippen molar-refractivity contribution in [3.8, 4) is 0 Å². The maximum Gasteiger partial charge on any atom is 0.319 e. The maximum absolute atomic E-state index is 12.4. The number of hydrogen-bond donors (Lipinski definition) is 2. The minimum atomic E-state index is -0.173. The lowest BCUT2D eigenvalue weighted by Gasteiger charge is -2.34. The Morgan fingerprint density at radius 1 is 1.14 bits per heavy atom. The molecule has 0 bridgehead atoms. The summed E-state index contributed by atoms with van der Waals surface area (Å²) in [6.07, 6.45) is 4.99. The summed E-state index contributed by atoms with van der Waals surface area (Å²) in [6.45, 7) is 2.42. The number of halogens is 1. The molecule has 2 N–H and O–H groups in total. The van der Waals surface area contributed by atoms with Crippen molar-refractivity contribution in [3.63, 3.8) is 0 Å². The molecule has 1 saturated heterocycles. The second kappa shape index (κ2) is 8.96. The number of carbonyl (C=O) groups is 1. The number of rotatable bonds is 5. The highest BCUT2D eigenvalue weighted by Crippen LogP contribution is 2.22. The fourth-order valence-electron chi connectivity index (χ4n) is 3.54. The predicted molar refractivity (Wildman–Crippen MR) is 114 cm³/mol. The largest absolute Gasteiger partial charge is 0.371 e. The molecule has 0 saturated carbocycles. The van der Waals surface area contributed by atoms with Crippen molar-refractivity contribution in [1.82, 2.24) is 20.1 Å². The molecule has 0 spiro atoms. The average Bonchev–Trinajstić information content (AvgIpc) is 3.22. The van der Waals surface area contributed by atoms with Crippen molar-refractivity contribution in [3.05, 3.63) is 71.8 Å². The van der Waals surface area contributed by atoms with E-state index < -0.39 is 0 Å². The molecular formula is C21H23ClN6O. The lowest BCUT2D eigenvalue weighted by molar-refractivity contribution is 0.246. The van der Waals surface area contributed by atoms with Crippen LogP contribution in [0.25, 0.3) is 0 Å². The zero-order valence-corrected chi connectivity index (χ0v) is 16.7. The van der Waals surface area contributed by atoms with Crippen LogP contribution in [-0.2, 0) is 6.54 Å². The third-order valence-electron chi connectivity index (χ3n) is 5.02. The van der Waals surface area contributed by atoms with E-state index in [0.29, 0.717) is 6.54 Å². The van der Waals surface area contributed by atoms with Crippen LogP contribution >= 0.6 is 11.6 Å². The minimum absolute atomic E-state index is 0.164. The van der Waals surface area contributed by atoms with Gasteiger partial charge in [-0.15, -0.1) is 0 Å². The third-order valence-corrected chi connectivity index (χ3v) is 5.27. The number of nitrogens with zero attached hydrogens (tertiary/aromatic N) is 4. The van der Waals surface area contributed by atoms with Crippen LogP contribution in [0.2, 0.25) is 5.02 Å². The zero-order valence-electron chi connectivity index (χ0n) is 16.0. The number of urea groups is 1. The summed E-state index contributed by atoms with van der Waals surface area (Å²) in [4.78, 5) is 18.7. The normalized spacial score (nSPS) is 14.6. The van der Waals surface area contributed by atoms with Gasteiger partial charge < -0.3 is 15.5 Å². The van der Waals surface area contributed by atoms with Gasteiger partial charge in [0.05, 0.1) is 6.54 Å². The van der Waals surface area contributed by atoms with E-state index in [-0.39, 0.29) is 12.1 Å². The summed E-state index contributed by atoms with van der Waals surface area (Å²) < 4.78 is 1.74. The van der Waals surface area contributed by atoms with Crippen LogP contribution in [0.3, 0.4) is 0 Å². The van der Waals surface area contributed by atoms with Gasteiger partial charge in [0.15, 0.2) is 0 Å². The number of piperidine rings is 1. The first-order chi connectivity index (χ1) is 14.2. The number of hydrogen-bond acceptors (Lipinski definition) is 4. The summed E-state index contributed by atoms with van der Waals surface area (Å²) in [5.41, 5.74) is 2.98. The molecule has 0 aliphatic carbocycles. The van der Waals surface area contributed by atoms with Gasteiger partial charge in [0.25, 0.3) is 0 Å². The number of aromatic nitrogens is 3. The Morgan fingerprint density at radius 3 is 2.66 bits per heavy atom. The van der Waals surface area contributed by atoms with E-state index in [1.54, 1.807) is 11.0 Å². The molecule has 150 valence electrons. The lowest BCUT2D eigenvalue weighted by Crippen LogP contribution is -2.46. The summed E-state index contributed by atoms with van der Waals surface area (Å²) in [7, 11) is 0. The van der Waals surface area contributed by atoms with E-state index in [1.165, 1.54) is 12.0 Å². The average molecular weight is 411 g/mol. The molecular weight excluding hydrogens is 388 g/mol. The molecule has 29 heavy (non-hydrogen) atoms. The summed E-state index contributed by atoms with van der Waals surface area (Å²) in [5.74, 6) is 0. The van der Waals surface area contributed by atoms with Gasteiger partial charge in [-0.05, 0) is 54.8 Å². The highest BCUT2D eigenvalue weighted by Gasteiger charge is 2.21. The van der Waals surface area contributed by atoms with Crippen molar-refractivity contribution < 1.29 is 4.79 Å². The molecule has 1 aliphatic heterocycles. The van der Waals surface area contributed by atoms with Gasteiger partial charge in [0.2, 0.25) is 0 Å². The Kier molecular flexibility index (Phi) is 5.95. The first-order valence-electron chi connectivity index (χ1n) is 9.65. The highest BCUT2D eigenvalue weighted by molar-refractivity contribution is 6.30. The molecule has 2 aromatic carbocycles. The first-order valence-corrected chi connectivity index (χ1v) is 10.0. The molecule has 8 heteroatoms. The van der Waals surface area contributed by atoms with Gasteiger partial charge in [-0.25, -0.2) is 14.5 Å². The van der Waals surface area contributed by atoms with E-state index >= 15 is 0 Å². The Balaban J connectivity index is 1.26. The Bertz CT molecular complexity index is 936. The number of anilines is 2. The Hall–Kier alpha value is -3.06. The van der Waals surface area contributed by atoms with E-state index in [0.717, 1.165) is 42.2 Å². The summed E-state index contributed by atoms with van der Waals surface area (Å²) >= 11 is 5.96. The van der Waals surface area contributed by atoms with Crippen molar-refractivity contribution >= 4 is 29.0 Å². The summed E-state index contributed by atoms with van der Waals surface area (Å²) in [6, 6.07) is 15.6. The Labute approximate surface area is 174 Å². The molecule has 7 nitrogen and oxygen atoms in total. The van der Waals surface area contributed by atoms with Gasteiger partial charge in [-0.1, -0.05) is 23.7 Å². The lowest BCUT2D eigenvalue weighted by atomic mass is 10.0. The molecule has 2 amide bonds. The molecule has 2 heterocycles. The monoisotopic (exact) mass is 410 g/mol. The van der Waals surface area contributed by atoms with Crippen LogP contribution < -0.4 is 15.5 Å². The van der Waals surface area contributed by atoms with Gasteiger partial charge in [-0.3, -0.25) is 0 Å². The molecule has 4 rings (SSSR count). The van der Waals surface area contributed by atoms with Crippen molar-refractivity contribution in [2.24, 2.45) is 0 Å². The number of carbonyl (C=O) groups excluding carboxylic acids is 1. The quantitative estimate of drug-likeness (QED) is 0.671. The molecule has 1 aliphatic rings. The van der Waals surface area contributed by atoms with Crippen LogP contribution in [-0.4, -0.2) is 39.9 Å². The van der Waals surface area contributed by atoms with E-state index in [4.69, 9.17) is 11.6 Å². The fourth-order valence-corrected chi connectivity index (χ4v) is 3.66. The van der Waals surface area contributed by atoms with Crippen LogP contribution in [0.4, 0.5) is 16.2 Å². The first kappa shape index (κ1) is 19.3. The maximum atomic E-state index is 12.4. The predicted octanol–water partition coefficient (Wildman–Crippen LogP) is 3.77. The standard InChI is InChI=1S/C21H23ClN6O/c22-17-4-6-20(7-5-17)27-10-8-18(9-11-27)25-21(29)26-19-3-1-2-16(12-19)13-28-15-23-14-24-28/h1-7,12,14-15,18H,8-11,13H2,(H2,25,26,29). The van der Waals surface area contributed by atoms with E-state index in [2.05, 4.69) is 25.6 Å². The topological polar surface area (TPSA) is 75.1 Å². The van der Waals surface area contributed by atoms with Gasteiger partial charge in [0.1, 0.15) is 12.7 Å². The van der Waals surface area contributed by atoms with E-state index in [1.807, 2.05) is 48.5 Å². The molecule has 1 aromatic heterocycles. The van der Waals surface area contributed by atoms with Crippen molar-refractivity contribution in [2.75, 3.05) is 23.3 Å². The smallest absolute Gasteiger partial charge is 0.319 e. The molecule has 0 radical (unpaired) electrons. The molecule has 1 fully saturated rings.